The molecule has 0 aromatic heterocycles. The Balaban J connectivity index is 1.62. The molecule has 0 saturated carbocycles. The van der Waals surface area contributed by atoms with E-state index in [1.54, 1.807) is 4.90 Å². The second-order valence-corrected chi connectivity index (χ2v) is 7.16. The van der Waals surface area contributed by atoms with Crippen molar-refractivity contribution in [1.82, 2.24) is 9.80 Å². The maximum atomic E-state index is 11.1. The van der Waals surface area contributed by atoms with E-state index in [9.17, 15) is 4.79 Å². The van der Waals surface area contributed by atoms with Gasteiger partial charge in [0.1, 0.15) is 0 Å². The topological polar surface area (TPSA) is 43.8 Å². The fourth-order valence-electron chi connectivity index (χ4n) is 4.00. The average molecular weight is 337 g/mol. The van der Waals surface area contributed by atoms with E-state index in [4.69, 9.17) is 16.7 Å². The lowest BCUT2D eigenvalue weighted by Gasteiger charge is -2.44. The van der Waals surface area contributed by atoms with Crippen LogP contribution in [-0.4, -0.2) is 52.7 Å². The van der Waals surface area contributed by atoms with E-state index in [1.165, 1.54) is 24.8 Å². The van der Waals surface area contributed by atoms with Gasteiger partial charge >= 0.3 is 6.09 Å². The zero-order valence-electron chi connectivity index (χ0n) is 13.5. The molecular formula is C18H25ClN2O2. The summed E-state index contributed by atoms with van der Waals surface area (Å²) in [5, 5.41) is 9.89. The number of halogens is 1. The highest BCUT2D eigenvalue weighted by Gasteiger charge is 2.32. The molecule has 1 aromatic carbocycles. The molecule has 0 radical (unpaired) electrons. The van der Waals surface area contributed by atoms with Crippen LogP contribution in [0.5, 0.6) is 0 Å². The van der Waals surface area contributed by atoms with E-state index < -0.39 is 6.09 Å². The first-order chi connectivity index (χ1) is 11.1. The first-order valence-corrected chi connectivity index (χ1v) is 8.99. The van der Waals surface area contributed by atoms with Crippen molar-refractivity contribution >= 4 is 17.7 Å². The third-order valence-corrected chi connectivity index (χ3v) is 5.51. The number of hydrogen-bond acceptors (Lipinski definition) is 2. The highest BCUT2D eigenvalue weighted by molar-refractivity contribution is 6.30. The van der Waals surface area contributed by atoms with Crippen molar-refractivity contribution in [2.75, 3.05) is 19.6 Å². The van der Waals surface area contributed by atoms with Crippen molar-refractivity contribution in [3.05, 3.63) is 34.9 Å². The molecule has 1 amide bonds. The molecule has 4 nitrogen and oxygen atoms in total. The molecule has 0 aliphatic carbocycles. The molecular weight excluding hydrogens is 312 g/mol. The molecule has 2 aliphatic rings. The Hall–Kier alpha value is -1.26. The molecule has 2 fully saturated rings. The molecule has 0 bridgehead atoms. The zero-order valence-corrected chi connectivity index (χ0v) is 14.2. The van der Waals surface area contributed by atoms with Crippen LogP contribution in [0.25, 0.3) is 0 Å². The summed E-state index contributed by atoms with van der Waals surface area (Å²) in [6.07, 6.45) is 6.00. The molecule has 1 atom stereocenters. The van der Waals surface area contributed by atoms with Crippen molar-refractivity contribution in [2.24, 2.45) is 0 Å². The Kier molecular flexibility index (Phi) is 5.44. The zero-order chi connectivity index (χ0) is 16.2. The quantitative estimate of drug-likeness (QED) is 0.911. The number of amides is 1. The van der Waals surface area contributed by atoms with Gasteiger partial charge in [-0.2, -0.15) is 0 Å². The highest BCUT2D eigenvalue weighted by atomic mass is 35.5. The minimum Gasteiger partial charge on any atom is -0.465 e. The summed E-state index contributed by atoms with van der Waals surface area (Å²) in [6, 6.07) is 9.30. The predicted octanol–water partition coefficient (Wildman–Crippen LogP) is 3.88. The van der Waals surface area contributed by atoms with E-state index in [0.717, 1.165) is 30.8 Å². The summed E-state index contributed by atoms with van der Waals surface area (Å²) in [4.78, 5) is 15.3. The molecule has 0 unspecified atom stereocenters. The van der Waals surface area contributed by atoms with E-state index in [0.29, 0.717) is 25.2 Å². The summed E-state index contributed by atoms with van der Waals surface area (Å²) in [6.45, 7) is 2.49. The fourth-order valence-corrected chi connectivity index (χ4v) is 4.13. The lowest BCUT2D eigenvalue weighted by atomic mass is 9.91. The standard InChI is InChI=1S/C18H25ClN2O2/c19-15-6-4-14(5-7-15)13-17-3-1-2-10-21(17)16-8-11-20(12-9-16)18(22)23/h4-7,16-17H,1-3,8-13H2,(H,22,23)/t17-/m1/s1. The van der Waals surface area contributed by atoms with Gasteiger partial charge in [-0.25, -0.2) is 4.79 Å². The van der Waals surface area contributed by atoms with Crippen molar-refractivity contribution < 1.29 is 9.90 Å². The lowest BCUT2D eigenvalue weighted by molar-refractivity contribution is 0.0503. The second-order valence-electron chi connectivity index (χ2n) is 6.72. The molecule has 2 saturated heterocycles. The minimum atomic E-state index is -0.778. The van der Waals surface area contributed by atoms with Crippen LogP contribution >= 0.6 is 11.6 Å². The Morgan fingerprint density at radius 2 is 1.78 bits per heavy atom. The fraction of sp³-hybridized carbons (Fsp3) is 0.611. The van der Waals surface area contributed by atoms with Crippen molar-refractivity contribution in [2.45, 2.75) is 50.6 Å². The number of piperidine rings is 2. The van der Waals surface area contributed by atoms with Crippen LogP contribution < -0.4 is 0 Å². The molecule has 23 heavy (non-hydrogen) atoms. The van der Waals surface area contributed by atoms with Crippen LogP contribution in [-0.2, 0) is 6.42 Å². The molecule has 3 rings (SSSR count). The van der Waals surface area contributed by atoms with E-state index in [2.05, 4.69) is 17.0 Å². The summed E-state index contributed by atoms with van der Waals surface area (Å²) < 4.78 is 0. The van der Waals surface area contributed by atoms with Gasteiger partial charge in [0.05, 0.1) is 0 Å². The number of likely N-dealkylation sites (tertiary alicyclic amines) is 2. The Morgan fingerprint density at radius 1 is 1.09 bits per heavy atom. The van der Waals surface area contributed by atoms with Gasteiger partial charge in [-0.05, 0) is 56.3 Å². The predicted molar refractivity (Wildman–Crippen MR) is 92.1 cm³/mol. The van der Waals surface area contributed by atoms with Gasteiger partial charge in [0, 0.05) is 30.2 Å². The molecule has 2 heterocycles. The van der Waals surface area contributed by atoms with Gasteiger partial charge < -0.3 is 10.0 Å². The second kappa shape index (κ2) is 7.54. The van der Waals surface area contributed by atoms with Crippen LogP contribution in [0.1, 0.15) is 37.7 Å². The third kappa shape index (κ3) is 4.18. The number of nitrogens with zero attached hydrogens (tertiary/aromatic N) is 2. The average Bonchev–Trinajstić information content (AvgIpc) is 2.57. The van der Waals surface area contributed by atoms with Crippen LogP contribution in [0.4, 0.5) is 4.79 Å². The highest BCUT2D eigenvalue weighted by Crippen LogP contribution is 2.27. The Labute approximate surface area is 143 Å². The largest absolute Gasteiger partial charge is 0.465 e. The van der Waals surface area contributed by atoms with Crippen molar-refractivity contribution in [1.29, 1.82) is 0 Å². The van der Waals surface area contributed by atoms with Crippen LogP contribution in [0.2, 0.25) is 5.02 Å². The molecule has 0 spiro atoms. The molecule has 5 heteroatoms. The van der Waals surface area contributed by atoms with E-state index >= 15 is 0 Å². The number of carbonyl (C=O) groups is 1. The maximum absolute atomic E-state index is 11.1. The summed E-state index contributed by atoms with van der Waals surface area (Å²) in [7, 11) is 0. The Morgan fingerprint density at radius 3 is 2.43 bits per heavy atom. The Bertz CT molecular complexity index is 526. The SMILES string of the molecule is O=C(O)N1CCC(N2CCCC[C@@H]2Cc2ccc(Cl)cc2)CC1. The molecule has 1 aromatic rings. The number of rotatable bonds is 3. The van der Waals surface area contributed by atoms with Crippen LogP contribution in [0, 0.1) is 0 Å². The first-order valence-electron chi connectivity index (χ1n) is 8.61. The summed E-state index contributed by atoms with van der Waals surface area (Å²) >= 11 is 5.98. The summed E-state index contributed by atoms with van der Waals surface area (Å²) in [5.74, 6) is 0. The van der Waals surface area contributed by atoms with Gasteiger partial charge in [0.15, 0.2) is 0 Å². The minimum absolute atomic E-state index is 0.531. The number of carboxylic acid groups (broad SMARTS) is 1. The normalized spacial score (nSPS) is 23.9. The van der Waals surface area contributed by atoms with Crippen LogP contribution in [0.3, 0.4) is 0 Å². The third-order valence-electron chi connectivity index (χ3n) is 5.26. The van der Waals surface area contributed by atoms with E-state index in [1.807, 2.05) is 12.1 Å². The lowest BCUT2D eigenvalue weighted by Crippen LogP contribution is -2.52. The number of benzene rings is 1. The monoisotopic (exact) mass is 336 g/mol. The summed E-state index contributed by atoms with van der Waals surface area (Å²) in [5.41, 5.74) is 1.34. The van der Waals surface area contributed by atoms with Gasteiger partial charge in [0.2, 0.25) is 0 Å². The van der Waals surface area contributed by atoms with Gasteiger partial charge in [0.25, 0.3) is 0 Å². The van der Waals surface area contributed by atoms with Gasteiger partial charge in [-0.1, -0.05) is 30.2 Å². The molecule has 2 aliphatic heterocycles. The molecule has 126 valence electrons. The first kappa shape index (κ1) is 16.6. The molecule has 1 N–H and O–H groups in total. The smallest absolute Gasteiger partial charge is 0.407 e. The van der Waals surface area contributed by atoms with E-state index in [-0.39, 0.29) is 0 Å². The maximum Gasteiger partial charge on any atom is 0.407 e. The van der Waals surface area contributed by atoms with Gasteiger partial charge in [-0.3, -0.25) is 4.90 Å². The van der Waals surface area contributed by atoms with Crippen molar-refractivity contribution in [3.63, 3.8) is 0 Å². The van der Waals surface area contributed by atoms with Gasteiger partial charge in [-0.15, -0.1) is 0 Å². The van der Waals surface area contributed by atoms with Crippen molar-refractivity contribution in [3.8, 4) is 0 Å². The van der Waals surface area contributed by atoms with Crippen LogP contribution in [0.15, 0.2) is 24.3 Å². The number of hydrogen-bond donors (Lipinski definition) is 1.